The molecule has 2 aromatic carbocycles. The van der Waals surface area contributed by atoms with Crippen LogP contribution in [0.3, 0.4) is 0 Å². The molecule has 0 radical (unpaired) electrons. The van der Waals surface area contributed by atoms with Gasteiger partial charge in [-0.15, -0.1) is 0 Å². The number of carbonyl (C=O) groups excluding carboxylic acids is 3. The molecule has 1 fully saturated rings. The molecule has 47 heavy (non-hydrogen) atoms. The SMILES string of the molecule is Cn1c(C(=O)N2CC[C@@H]3Oc4cc(F)cc(c4)CNC(=O)COc4cccc(c4)-c4cncc(c4)C(=O)N[C@@H]3C2)cc(=O)n(C)c1=O. The molecule has 0 aliphatic carbocycles. The highest BCUT2D eigenvalue weighted by Gasteiger charge is 2.36. The van der Waals surface area contributed by atoms with Crippen LogP contribution in [0.4, 0.5) is 4.39 Å². The largest absolute Gasteiger partial charge is 0.488 e. The lowest BCUT2D eigenvalue weighted by Crippen LogP contribution is -2.58. The molecule has 2 aromatic heterocycles. The van der Waals surface area contributed by atoms with Crippen LogP contribution in [0.1, 0.15) is 32.8 Å². The van der Waals surface area contributed by atoms with Crippen LogP contribution in [0.25, 0.3) is 11.1 Å². The van der Waals surface area contributed by atoms with Gasteiger partial charge in [-0.3, -0.25) is 33.3 Å². The van der Waals surface area contributed by atoms with Gasteiger partial charge >= 0.3 is 5.69 Å². The number of aromatic nitrogens is 3. The number of piperidine rings is 1. The Kier molecular flexibility index (Phi) is 8.57. The standard InChI is InChI=1S/C33H31FN6O7/c1-38-27(13-30(42)39(2)33(38)45)32(44)40-7-6-28-26(17-40)37-31(43)22-10-21(15-35-16-22)20-4-3-5-24(11-20)46-18-29(41)36-14-19-8-23(34)12-25(9-19)47-28/h3-5,8-13,15-16,26,28H,6-7,14,17-18H2,1-2H3,(H,36,41)(H,37,43)/t26-,28+/m1/s1. The summed E-state index contributed by atoms with van der Waals surface area (Å²) < 4.78 is 28.6. The number of nitrogens with one attached hydrogen (secondary N) is 2. The Balaban J connectivity index is 1.35. The summed E-state index contributed by atoms with van der Waals surface area (Å²) in [6.45, 7) is -0.141. The van der Waals surface area contributed by atoms with Crippen molar-refractivity contribution in [2.75, 3.05) is 19.7 Å². The topological polar surface area (TPSA) is 154 Å². The lowest BCUT2D eigenvalue weighted by atomic mass is 10.00. The average Bonchev–Trinajstić information content (AvgIpc) is 3.07. The number of benzene rings is 2. The van der Waals surface area contributed by atoms with Gasteiger partial charge < -0.3 is 25.0 Å². The van der Waals surface area contributed by atoms with Crippen LogP contribution in [0.2, 0.25) is 0 Å². The molecule has 4 aromatic rings. The molecule has 1 saturated heterocycles. The maximum atomic E-state index is 14.7. The third-order valence-electron chi connectivity index (χ3n) is 8.14. The molecule has 0 spiro atoms. The van der Waals surface area contributed by atoms with Crippen molar-refractivity contribution < 1.29 is 28.2 Å². The van der Waals surface area contributed by atoms with Crippen molar-refractivity contribution in [2.24, 2.45) is 14.1 Å². The zero-order chi connectivity index (χ0) is 33.2. The highest BCUT2D eigenvalue weighted by Crippen LogP contribution is 2.26. The molecule has 6 rings (SSSR count). The molecule has 242 valence electrons. The van der Waals surface area contributed by atoms with Crippen molar-refractivity contribution in [3.63, 3.8) is 0 Å². The van der Waals surface area contributed by atoms with Crippen molar-refractivity contribution in [1.82, 2.24) is 29.7 Å². The van der Waals surface area contributed by atoms with E-state index in [1.807, 2.05) is 6.07 Å². The fraction of sp³-hybridized carbons (Fsp3) is 0.273. The zero-order valence-corrected chi connectivity index (χ0v) is 25.6. The molecule has 13 nitrogen and oxygen atoms in total. The van der Waals surface area contributed by atoms with Gasteiger partial charge in [-0.1, -0.05) is 12.1 Å². The van der Waals surface area contributed by atoms with Gasteiger partial charge in [0.25, 0.3) is 23.3 Å². The van der Waals surface area contributed by atoms with Crippen LogP contribution in [0.5, 0.6) is 11.5 Å². The number of halogens is 1. The molecule has 2 aliphatic rings. The molecule has 3 amide bonds. The van der Waals surface area contributed by atoms with Gasteiger partial charge in [-0.2, -0.15) is 0 Å². The number of rotatable bonds is 1. The minimum atomic E-state index is -0.794. The molecule has 2 atom stereocenters. The Labute approximate surface area is 267 Å². The van der Waals surface area contributed by atoms with Gasteiger partial charge in [-0.25, -0.2) is 9.18 Å². The van der Waals surface area contributed by atoms with Gasteiger partial charge in [0.05, 0.1) is 11.6 Å². The fourth-order valence-corrected chi connectivity index (χ4v) is 5.60. The fourth-order valence-electron chi connectivity index (χ4n) is 5.60. The van der Waals surface area contributed by atoms with E-state index in [1.165, 1.54) is 37.3 Å². The van der Waals surface area contributed by atoms with Gasteiger partial charge in [-0.05, 0) is 41.5 Å². The summed E-state index contributed by atoms with van der Waals surface area (Å²) in [6, 6.07) is 13.0. The first-order chi connectivity index (χ1) is 22.5. The molecule has 0 unspecified atom stereocenters. The van der Waals surface area contributed by atoms with Crippen LogP contribution in [0.15, 0.2) is 76.6 Å². The predicted octanol–water partition coefficient (Wildman–Crippen LogP) is 1.39. The summed E-state index contributed by atoms with van der Waals surface area (Å²) in [5, 5.41) is 5.66. The summed E-state index contributed by atoms with van der Waals surface area (Å²) in [4.78, 5) is 70.4. The predicted molar refractivity (Wildman–Crippen MR) is 167 cm³/mol. The molecule has 4 heterocycles. The Morgan fingerprint density at radius 3 is 2.57 bits per heavy atom. The molecule has 2 N–H and O–H groups in total. The van der Waals surface area contributed by atoms with E-state index in [-0.39, 0.29) is 49.7 Å². The smallest absolute Gasteiger partial charge is 0.331 e. The van der Waals surface area contributed by atoms with E-state index in [2.05, 4.69) is 15.6 Å². The van der Waals surface area contributed by atoms with Crippen molar-refractivity contribution >= 4 is 17.7 Å². The second kappa shape index (κ2) is 12.9. The molecular formula is C33H31FN6O7. The van der Waals surface area contributed by atoms with Gasteiger partial charge in [0.1, 0.15) is 29.1 Å². The molecule has 2 aliphatic heterocycles. The molecule has 0 saturated carbocycles. The summed E-state index contributed by atoms with van der Waals surface area (Å²) in [5.41, 5.74) is 0.617. The third-order valence-corrected chi connectivity index (χ3v) is 8.14. The van der Waals surface area contributed by atoms with Gasteiger partial charge in [0, 0.05) is 70.2 Å². The number of likely N-dealkylation sites (tertiary alicyclic amines) is 1. The monoisotopic (exact) mass is 642 g/mol. The zero-order valence-electron chi connectivity index (χ0n) is 25.6. The lowest BCUT2D eigenvalue weighted by Gasteiger charge is -2.39. The summed E-state index contributed by atoms with van der Waals surface area (Å²) in [5.74, 6) is -1.47. The lowest BCUT2D eigenvalue weighted by molar-refractivity contribution is -0.123. The highest BCUT2D eigenvalue weighted by atomic mass is 19.1. The van der Waals surface area contributed by atoms with Crippen molar-refractivity contribution in [3.8, 4) is 22.6 Å². The average molecular weight is 643 g/mol. The van der Waals surface area contributed by atoms with E-state index in [0.29, 0.717) is 22.4 Å². The van der Waals surface area contributed by atoms with Crippen LogP contribution >= 0.6 is 0 Å². The summed E-state index contributed by atoms with van der Waals surface area (Å²) in [7, 11) is 2.72. The van der Waals surface area contributed by atoms with Crippen molar-refractivity contribution in [3.05, 3.63) is 110 Å². The van der Waals surface area contributed by atoms with Crippen LogP contribution < -0.4 is 31.4 Å². The van der Waals surface area contributed by atoms with E-state index in [9.17, 15) is 28.4 Å². The summed E-state index contributed by atoms with van der Waals surface area (Å²) >= 11 is 0. The number of pyridine rings is 1. The first kappa shape index (κ1) is 31.2. The Hall–Kier alpha value is -5.79. The third kappa shape index (κ3) is 6.76. The molecule has 6 bridgehead atoms. The van der Waals surface area contributed by atoms with E-state index in [4.69, 9.17) is 9.47 Å². The number of amides is 3. The first-order valence-electron chi connectivity index (χ1n) is 14.8. The Bertz CT molecular complexity index is 2010. The normalized spacial score (nSPS) is 18.2. The maximum Gasteiger partial charge on any atom is 0.331 e. The Morgan fingerprint density at radius 2 is 1.74 bits per heavy atom. The first-order valence-corrected chi connectivity index (χ1v) is 14.8. The van der Waals surface area contributed by atoms with Crippen LogP contribution in [-0.4, -0.2) is 68.6 Å². The van der Waals surface area contributed by atoms with Crippen molar-refractivity contribution in [2.45, 2.75) is 25.1 Å². The molecular weight excluding hydrogens is 611 g/mol. The van der Waals surface area contributed by atoms with Crippen LogP contribution in [0, 0.1) is 5.82 Å². The van der Waals surface area contributed by atoms with E-state index >= 15 is 0 Å². The second-order valence-corrected chi connectivity index (χ2v) is 11.4. The minimum absolute atomic E-state index is 0.0101. The summed E-state index contributed by atoms with van der Waals surface area (Å²) in [6.07, 6.45) is 2.51. The van der Waals surface area contributed by atoms with Gasteiger partial charge in [0.2, 0.25) is 0 Å². The quantitative estimate of drug-likeness (QED) is 0.316. The molecule has 14 heteroatoms. The minimum Gasteiger partial charge on any atom is -0.488 e. The maximum absolute atomic E-state index is 14.7. The van der Waals surface area contributed by atoms with E-state index in [0.717, 1.165) is 15.2 Å². The highest BCUT2D eigenvalue weighted by molar-refractivity contribution is 5.96. The van der Waals surface area contributed by atoms with E-state index < -0.39 is 46.9 Å². The van der Waals surface area contributed by atoms with Crippen molar-refractivity contribution in [1.29, 1.82) is 0 Å². The van der Waals surface area contributed by atoms with Gasteiger partial charge in [0.15, 0.2) is 6.61 Å². The number of nitrogens with zero attached hydrogens (tertiary/aromatic N) is 4. The Morgan fingerprint density at radius 1 is 0.936 bits per heavy atom. The van der Waals surface area contributed by atoms with Crippen LogP contribution in [-0.2, 0) is 25.4 Å². The number of fused-ring (bicyclic) bond motifs is 8. The number of ether oxygens (including phenoxy) is 2. The number of hydrogen-bond donors (Lipinski definition) is 2. The number of carbonyl (C=O) groups is 3. The van der Waals surface area contributed by atoms with E-state index in [1.54, 1.807) is 36.5 Å². The number of hydrogen-bond acceptors (Lipinski definition) is 8. The second-order valence-electron chi connectivity index (χ2n) is 11.4.